The summed E-state index contributed by atoms with van der Waals surface area (Å²) in [7, 11) is -2.67. The Morgan fingerprint density at radius 1 is 1.27 bits per heavy atom. The van der Waals surface area contributed by atoms with Crippen molar-refractivity contribution in [2.75, 3.05) is 0 Å². The Balaban J connectivity index is 0. The Labute approximate surface area is 102 Å². The molecular formula is C7H7BMgO6. The summed E-state index contributed by atoms with van der Waals surface area (Å²) < 4.78 is 0. The molecule has 0 fully saturated rings. The van der Waals surface area contributed by atoms with Crippen molar-refractivity contribution >= 4 is 36.3 Å². The summed E-state index contributed by atoms with van der Waals surface area (Å²) in [6, 6.07) is 5.81. The summed E-state index contributed by atoms with van der Waals surface area (Å²) in [6.07, 6.45) is 0. The van der Waals surface area contributed by atoms with Gasteiger partial charge in [-0.2, -0.15) is 0 Å². The van der Waals surface area contributed by atoms with Gasteiger partial charge in [-0.25, -0.2) is 4.79 Å². The first-order valence-corrected chi connectivity index (χ1v) is 3.46. The first kappa shape index (κ1) is 16.6. The molecule has 0 saturated carbocycles. The number of carboxylic acids is 1. The molecule has 1 aromatic carbocycles. The second kappa shape index (κ2) is 8.50. The van der Waals surface area contributed by atoms with Gasteiger partial charge in [0.25, 0.3) is 0 Å². The Morgan fingerprint density at radius 3 is 1.93 bits per heavy atom. The van der Waals surface area contributed by atoms with E-state index in [9.17, 15) is 4.79 Å². The molecule has 0 atom stereocenters. The Bertz CT molecular complexity index is 303. The van der Waals surface area contributed by atoms with Crippen LogP contribution in [-0.2, 0) is 0 Å². The molecule has 6 nitrogen and oxygen atoms in total. The molecule has 3 N–H and O–H groups in total. The minimum Gasteiger partial charge on any atom is -0.871 e. The number of aromatic carboxylic acids is 1. The van der Waals surface area contributed by atoms with Gasteiger partial charge in [0.2, 0.25) is 0 Å². The SMILES string of the molecule is O=C(O)c1ccccc1O.[Mg+2].[O-]B([O-])O. The molecule has 0 unspecified atom stereocenters. The molecule has 0 aliphatic rings. The topological polar surface area (TPSA) is 124 Å². The number of rotatable bonds is 1. The van der Waals surface area contributed by atoms with Gasteiger partial charge in [0.1, 0.15) is 11.3 Å². The molecule has 8 heteroatoms. The van der Waals surface area contributed by atoms with E-state index in [0.717, 1.165) is 0 Å². The Kier molecular flexibility index (Phi) is 9.43. The fourth-order valence-corrected chi connectivity index (χ4v) is 0.654. The predicted octanol–water partition coefficient (Wildman–Crippen LogP) is -2.61. The standard InChI is InChI=1S/C7H6O3.BHO3.Mg/c8-6-4-2-1-3-5(6)7(9)10;2-1(3)4;/h1-4,8H,(H,9,10);2H;/q;-2;+2. The van der Waals surface area contributed by atoms with E-state index in [1.807, 2.05) is 0 Å². The minimum atomic E-state index is -2.67. The molecule has 0 spiro atoms. The van der Waals surface area contributed by atoms with E-state index in [0.29, 0.717) is 0 Å². The van der Waals surface area contributed by atoms with Gasteiger partial charge in [0, 0.05) is 0 Å². The average Bonchev–Trinajstić information content (AvgIpc) is 2.03. The fourth-order valence-electron chi connectivity index (χ4n) is 0.654. The number of carboxylic acid groups (broad SMARTS) is 1. The van der Waals surface area contributed by atoms with E-state index < -0.39 is 13.3 Å². The molecule has 0 aliphatic carbocycles. The van der Waals surface area contributed by atoms with Gasteiger partial charge in [0.15, 0.2) is 0 Å². The van der Waals surface area contributed by atoms with E-state index in [2.05, 4.69) is 0 Å². The maximum Gasteiger partial charge on any atom is 2.00 e. The third kappa shape index (κ3) is 8.21. The molecule has 76 valence electrons. The molecule has 0 aromatic heterocycles. The van der Waals surface area contributed by atoms with Crippen LogP contribution in [0.4, 0.5) is 0 Å². The summed E-state index contributed by atoms with van der Waals surface area (Å²) >= 11 is 0. The van der Waals surface area contributed by atoms with Gasteiger partial charge in [-0.3, -0.25) is 0 Å². The van der Waals surface area contributed by atoms with Crippen LogP contribution in [0.5, 0.6) is 5.75 Å². The van der Waals surface area contributed by atoms with Gasteiger partial charge >= 0.3 is 29.0 Å². The summed E-state index contributed by atoms with van der Waals surface area (Å²) in [4.78, 5) is 10.3. The second-order valence-electron chi connectivity index (χ2n) is 2.13. The molecule has 0 aliphatic heterocycles. The molecule has 0 amide bonds. The summed E-state index contributed by atoms with van der Waals surface area (Å²) in [6.45, 7) is 0. The third-order valence-electron chi connectivity index (χ3n) is 1.13. The van der Waals surface area contributed by atoms with Crippen LogP contribution in [0.25, 0.3) is 0 Å². The van der Waals surface area contributed by atoms with Crippen LogP contribution in [-0.4, -0.2) is 51.6 Å². The zero-order valence-electron chi connectivity index (χ0n) is 7.66. The summed E-state index contributed by atoms with van der Waals surface area (Å²) in [5.41, 5.74) is -0.0671. The van der Waals surface area contributed by atoms with Crippen molar-refractivity contribution in [3.63, 3.8) is 0 Å². The minimum absolute atomic E-state index is 0. The molecule has 15 heavy (non-hydrogen) atoms. The number of hydrogen-bond donors (Lipinski definition) is 3. The summed E-state index contributed by atoms with van der Waals surface area (Å²) in [5.74, 6) is -1.31. The van der Waals surface area contributed by atoms with Crippen molar-refractivity contribution < 1.29 is 30.1 Å². The quantitative estimate of drug-likeness (QED) is 0.447. The molecular weight excluding hydrogens is 215 g/mol. The summed E-state index contributed by atoms with van der Waals surface area (Å²) in [5, 5.41) is 41.3. The van der Waals surface area contributed by atoms with E-state index >= 15 is 0 Å². The number of hydrogen-bond acceptors (Lipinski definition) is 5. The number of para-hydroxylation sites is 1. The predicted molar refractivity (Wildman–Crippen MR) is 48.8 cm³/mol. The van der Waals surface area contributed by atoms with E-state index in [4.69, 9.17) is 25.3 Å². The average molecular weight is 222 g/mol. The van der Waals surface area contributed by atoms with Crippen molar-refractivity contribution in [1.82, 2.24) is 0 Å². The van der Waals surface area contributed by atoms with E-state index in [-0.39, 0.29) is 34.4 Å². The van der Waals surface area contributed by atoms with Crippen LogP contribution in [0.1, 0.15) is 10.4 Å². The second-order valence-corrected chi connectivity index (χ2v) is 2.13. The Morgan fingerprint density at radius 2 is 1.67 bits per heavy atom. The largest absolute Gasteiger partial charge is 2.00 e. The molecule has 1 rings (SSSR count). The van der Waals surface area contributed by atoms with Crippen LogP contribution in [0.15, 0.2) is 24.3 Å². The third-order valence-corrected chi connectivity index (χ3v) is 1.13. The van der Waals surface area contributed by atoms with Crippen LogP contribution >= 0.6 is 0 Å². The van der Waals surface area contributed by atoms with Gasteiger partial charge in [-0.15, -0.1) is 0 Å². The smallest absolute Gasteiger partial charge is 0.871 e. The molecule has 0 heterocycles. The molecule has 0 bridgehead atoms. The van der Waals surface area contributed by atoms with Crippen molar-refractivity contribution in [2.24, 2.45) is 0 Å². The van der Waals surface area contributed by atoms with Crippen LogP contribution in [0.2, 0.25) is 0 Å². The first-order valence-electron chi connectivity index (χ1n) is 3.46. The van der Waals surface area contributed by atoms with Crippen molar-refractivity contribution in [2.45, 2.75) is 0 Å². The Hall–Kier alpha value is -0.799. The van der Waals surface area contributed by atoms with Crippen LogP contribution in [0.3, 0.4) is 0 Å². The number of carbonyl (C=O) groups is 1. The van der Waals surface area contributed by atoms with Crippen molar-refractivity contribution in [3.05, 3.63) is 29.8 Å². The number of phenols is 1. The molecule has 0 radical (unpaired) electrons. The molecule has 1 aromatic rings. The van der Waals surface area contributed by atoms with Gasteiger partial charge in [0.05, 0.1) is 7.32 Å². The van der Waals surface area contributed by atoms with E-state index in [1.165, 1.54) is 12.1 Å². The maximum atomic E-state index is 10.3. The van der Waals surface area contributed by atoms with Crippen molar-refractivity contribution in [3.8, 4) is 5.75 Å². The fraction of sp³-hybridized carbons (Fsp3) is 0. The molecule has 0 saturated heterocycles. The van der Waals surface area contributed by atoms with Crippen LogP contribution < -0.4 is 10.0 Å². The zero-order valence-corrected chi connectivity index (χ0v) is 9.07. The van der Waals surface area contributed by atoms with Gasteiger partial charge in [-0.1, -0.05) is 12.1 Å². The normalized spacial score (nSPS) is 7.93. The zero-order chi connectivity index (χ0) is 11.1. The van der Waals surface area contributed by atoms with Crippen molar-refractivity contribution in [1.29, 1.82) is 0 Å². The maximum absolute atomic E-state index is 10.3. The van der Waals surface area contributed by atoms with Crippen LogP contribution in [0, 0.1) is 0 Å². The number of aromatic hydroxyl groups is 1. The number of benzene rings is 1. The van der Waals surface area contributed by atoms with E-state index in [1.54, 1.807) is 12.1 Å². The van der Waals surface area contributed by atoms with Gasteiger partial charge < -0.3 is 25.3 Å². The monoisotopic (exact) mass is 222 g/mol. The first-order chi connectivity index (χ1) is 6.45. The van der Waals surface area contributed by atoms with Gasteiger partial charge in [-0.05, 0) is 12.1 Å².